The minimum absolute atomic E-state index is 0.369. The van der Waals surface area contributed by atoms with Crippen molar-refractivity contribution in [3.05, 3.63) is 59.7 Å². The molecule has 116 valence electrons. The molecular weight excluding hydrogens is 292 g/mol. The van der Waals surface area contributed by atoms with Crippen molar-refractivity contribution in [2.24, 2.45) is 11.8 Å². The molecule has 2 atom stereocenters. The first kappa shape index (κ1) is 14.0. The van der Waals surface area contributed by atoms with Crippen LogP contribution in [0.15, 0.2) is 48.5 Å². The van der Waals surface area contributed by atoms with Crippen molar-refractivity contribution in [1.82, 2.24) is 0 Å². The van der Waals surface area contributed by atoms with E-state index >= 15 is 0 Å². The Morgan fingerprint density at radius 1 is 0.783 bits per heavy atom. The topological polar surface area (TPSA) is 52.6 Å². The van der Waals surface area contributed by atoms with Crippen LogP contribution < -0.4 is 0 Å². The summed E-state index contributed by atoms with van der Waals surface area (Å²) in [4.78, 5) is 24.7. The Hall–Kier alpha value is -2.62. The standard InChI is InChI=1S/C19H16O4/c1-22-17(20)15-16(18(21)23-2)19(15)13-9-5-3-7-11(13)12-8-4-6-10-14(12)19/h3-10,15-16H,1-2H3/t15-,16+. The lowest BCUT2D eigenvalue weighted by Gasteiger charge is -2.13. The molecule has 2 aliphatic carbocycles. The van der Waals surface area contributed by atoms with Gasteiger partial charge in [0.15, 0.2) is 0 Å². The number of benzene rings is 2. The van der Waals surface area contributed by atoms with Crippen LogP contribution in [0.5, 0.6) is 0 Å². The Labute approximate surface area is 134 Å². The highest BCUT2D eigenvalue weighted by molar-refractivity contribution is 5.99. The van der Waals surface area contributed by atoms with Gasteiger partial charge in [0, 0.05) is 5.41 Å². The minimum Gasteiger partial charge on any atom is -0.469 e. The van der Waals surface area contributed by atoms with Gasteiger partial charge in [-0.3, -0.25) is 9.59 Å². The van der Waals surface area contributed by atoms with E-state index in [9.17, 15) is 9.59 Å². The zero-order valence-corrected chi connectivity index (χ0v) is 12.9. The van der Waals surface area contributed by atoms with Gasteiger partial charge in [-0.15, -0.1) is 0 Å². The van der Waals surface area contributed by atoms with Gasteiger partial charge in [-0.2, -0.15) is 0 Å². The molecule has 1 fully saturated rings. The summed E-state index contributed by atoms with van der Waals surface area (Å²) in [5, 5.41) is 0. The summed E-state index contributed by atoms with van der Waals surface area (Å²) in [5.74, 6) is -1.81. The number of carbonyl (C=O) groups excluding carboxylic acids is 2. The Morgan fingerprint density at radius 3 is 1.57 bits per heavy atom. The van der Waals surface area contributed by atoms with E-state index in [4.69, 9.17) is 9.47 Å². The van der Waals surface area contributed by atoms with Crippen molar-refractivity contribution in [3.8, 4) is 11.1 Å². The van der Waals surface area contributed by atoms with Crippen LogP contribution in [0.4, 0.5) is 0 Å². The Kier molecular flexibility index (Phi) is 2.85. The van der Waals surface area contributed by atoms with Crippen molar-refractivity contribution in [1.29, 1.82) is 0 Å². The Morgan fingerprint density at radius 2 is 1.17 bits per heavy atom. The molecule has 0 aromatic heterocycles. The lowest BCUT2D eigenvalue weighted by molar-refractivity contribution is -0.148. The highest BCUT2D eigenvalue weighted by atomic mass is 16.5. The Bertz CT molecular complexity index is 754. The molecule has 0 radical (unpaired) electrons. The van der Waals surface area contributed by atoms with Gasteiger partial charge in [-0.05, 0) is 22.3 Å². The van der Waals surface area contributed by atoms with Gasteiger partial charge in [0.2, 0.25) is 0 Å². The van der Waals surface area contributed by atoms with E-state index in [2.05, 4.69) is 0 Å². The monoisotopic (exact) mass is 308 g/mol. The number of hydrogen-bond donors (Lipinski definition) is 0. The third kappa shape index (κ3) is 1.55. The van der Waals surface area contributed by atoms with Crippen LogP contribution >= 0.6 is 0 Å². The number of rotatable bonds is 2. The molecule has 2 aliphatic rings. The van der Waals surface area contributed by atoms with Crippen molar-refractivity contribution < 1.29 is 19.1 Å². The number of ether oxygens (including phenoxy) is 2. The van der Waals surface area contributed by atoms with Crippen LogP contribution in [-0.4, -0.2) is 26.2 Å². The first-order valence-corrected chi connectivity index (χ1v) is 7.53. The van der Waals surface area contributed by atoms with E-state index in [0.717, 1.165) is 22.3 Å². The first-order chi connectivity index (χ1) is 11.2. The average Bonchev–Trinajstić information content (AvgIpc) is 3.22. The van der Waals surface area contributed by atoms with E-state index in [0.29, 0.717) is 0 Å². The largest absolute Gasteiger partial charge is 0.469 e. The van der Waals surface area contributed by atoms with Gasteiger partial charge in [-0.1, -0.05) is 48.5 Å². The summed E-state index contributed by atoms with van der Waals surface area (Å²) in [6, 6.07) is 15.9. The van der Waals surface area contributed by atoms with Crippen LogP contribution in [0.25, 0.3) is 11.1 Å². The third-order valence-electron chi connectivity index (χ3n) is 5.15. The summed E-state index contributed by atoms with van der Waals surface area (Å²) in [5.41, 5.74) is 3.50. The number of carbonyl (C=O) groups is 2. The van der Waals surface area contributed by atoms with E-state index < -0.39 is 17.3 Å². The van der Waals surface area contributed by atoms with Gasteiger partial charge in [0.05, 0.1) is 26.1 Å². The number of methoxy groups -OCH3 is 2. The maximum absolute atomic E-state index is 12.4. The van der Waals surface area contributed by atoms with E-state index in [1.54, 1.807) is 0 Å². The van der Waals surface area contributed by atoms with E-state index in [1.807, 2.05) is 48.5 Å². The van der Waals surface area contributed by atoms with Crippen molar-refractivity contribution in [2.45, 2.75) is 5.41 Å². The quantitative estimate of drug-likeness (QED) is 0.800. The lowest BCUT2D eigenvalue weighted by Crippen LogP contribution is -2.16. The van der Waals surface area contributed by atoms with Gasteiger partial charge in [0.1, 0.15) is 0 Å². The highest BCUT2D eigenvalue weighted by Crippen LogP contribution is 2.70. The summed E-state index contributed by atoms with van der Waals surface area (Å²) >= 11 is 0. The fourth-order valence-electron chi connectivity index (χ4n) is 4.26. The molecule has 0 heterocycles. The normalized spacial score (nSPS) is 22.2. The molecule has 1 spiro atoms. The zero-order chi connectivity index (χ0) is 16.2. The second kappa shape index (κ2) is 4.69. The Balaban J connectivity index is 2.00. The fourth-order valence-corrected chi connectivity index (χ4v) is 4.26. The van der Waals surface area contributed by atoms with Gasteiger partial charge in [-0.25, -0.2) is 0 Å². The van der Waals surface area contributed by atoms with Gasteiger partial charge in [0.25, 0.3) is 0 Å². The molecule has 4 nitrogen and oxygen atoms in total. The van der Waals surface area contributed by atoms with Gasteiger partial charge < -0.3 is 9.47 Å². The predicted molar refractivity (Wildman–Crippen MR) is 83.7 cm³/mol. The lowest BCUT2D eigenvalue weighted by atomic mass is 9.89. The summed E-state index contributed by atoms with van der Waals surface area (Å²) in [6.45, 7) is 0. The summed E-state index contributed by atoms with van der Waals surface area (Å²) in [7, 11) is 2.71. The van der Waals surface area contributed by atoms with Crippen LogP contribution in [0.2, 0.25) is 0 Å². The van der Waals surface area contributed by atoms with Gasteiger partial charge >= 0.3 is 11.9 Å². The second-order valence-electron chi connectivity index (χ2n) is 5.96. The van der Waals surface area contributed by atoms with Crippen LogP contribution in [0.1, 0.15) is 11.1 Å². The summed E-state index contributed by atoms with van der Waals surface area (Å²) < 4.78 is 9.94. The predicted octanol–water partition coefficient (Wildman–Crippen LogP) is 2.55. The van der Waals surface area contributed by atoms with Crippen LogP contribution in [0.3, 0.4) is 0 Å². The third-order valence-corrected chi connectivity index (χ3v) is 5.15. The maximum atomic E-state index is 12.4. The molecule has 0 amide bonds. The van der Waals surface area contributed by atoms with E-state index in [1.165, 1.54) is 14.2 Å². The molecule has 1 saturated carbocycles. The molecule has 0 N–H and O–H groups in total. The minimum atomic E-state index is -0.659. The number of esters is 2. The first-order valence-electron chi connectivity index (χ1n) is 7.53. The average molecular weight is 308 g/mol. The van der Waals surface area contributed by atoms with Crippen LogP contribution in [-0.2, 0) is 24.5 Å². The molecule has 0 saturated heterocycles. The molecule has 23 heavy (non-hydrogen) atoms. The summed E-state index contributed by atoms with van der Waals surface area (Å²) in [6.07, 6.45) is 0. The molecule has 4 rings (SSSR count). The van der Waals surface area contributed by atoms with Crippen molar-refractivity contribution >= 4 is 11.9 Å². The molecule has 0 unspecified atom stereocenters. The molecule has 0 aliphatic heterocycles. The molecule has 2 aromatic rings. The van der Waals surface area contributed by atoms with Crippen molar-refractivity contribution in [3.63, 3.8) is 0 Å². The SMILES string of the molecule is COC(=O)[C@@H]1[C@H](C(=O)OC)C12c1ccccc1-c1ccccc12. The highest BCUT2D eigenvalue weighted by Gasteiger charge is 2.76. The molecular formula is C19H16O4. The second-order valence-corrected chi connectivity index (χ2v) is 5.96. The maximum Gasteiger partial charge on any atom is 0.310 e. The molecule has 4 heteroatoms. The number of hydrogen-bond acceptors (Lipinski definition) is 4. The van der Waals surface area contributed by atoms with Crippen LogP contribution in [0, 0.1) is 11.8 Å². The van der Waals surface area contributed by atoms with E-state index in [-0.39, 0.29) is 11.9 Å². The smallest absolute Gasteiger partial charge is 0.310 e. The zero-order valence-electron chi connectivity index (χ0n) is 12.9. The fraction of sp³-hybridized carbons (Fsp3) is 0.263. The van der Waals surface area contributed by atoms with Crippen molar-refractivity contribution in [2.75, 3.05) is 14.2 Å². The molecule has 2 aromatic carbocycles. The number of fused-ring (bicyclic) bond motifs is 5. The molecule has 0 bridgehead atoms.